The van der Waals surface area contributed by atoms with Gasteiger partial charge in [-0.25, -0.2) is 0 Å². The van der Waals surface area contributed by atoms with Crippen molar-refractivity contribution in [3.63, 3.8) is 0 Å². The van der Waals surface area contributed by atoms with Crippen molar-refractivity contribution in [2.45, 2.75) is 25.7 Å². The van der Waals surface area contributed by atoms with Crippen LogP contribution in [-0.4, -0.2) is 10.2 Å². The van der Waals surface area contributed by atoms with E-state index in [4.69, 9.17) is 0 Å². The minimum absolute atomic E-state index is 0.0694. The van der Waals surface area contributed by atoms with Gasteiger partial charge in [-0.2, -0.15) is 18.3 Å². The maximum atomic E-state index is 12.8. The molecule has 1 heterocycles. The summed E-state index contributed by atoms with van der Waals surface area (Å²) in [4.78, 5) is 0. The van der Waals surface area contributed by atoms with Gasteiger partial charge in [-0.1, -0.05) is 18.2 Å². The summed E-state index contributed by atoms with van der Waals surface area (Å²) in [6.45, 7) is 2.03. The second-order valence-electron chi connectivity index (χ2n) is 4.29. The molecule has 0 aliphatic heterocycles. The number of H-pyrrole nitrogens is 1. The van der Waals surface area contributed by atoms with E-state index in [9.17, 15) is 13.2 Å². The van der Waals surface area contributed by atoms with Crippen LogP contribution < -0.4 is 5.32 Å². The maximum absolute atomic E-state index is 12.8. The Morgan fingerprint density at radius 2 is 2.05 bits per heavy atom. The topological polar surface area (TPSA) is 40.7 Å². The van der Waals surface area contributed by atoms with E-state index < -0.39 is 11.7 Å². The zero-order valence-corrected chi connectivity index (χ0v) is 10.3. The largest absolute Gasteiger partial charge is 0.416 e. The lowest BCUT2D eigenvalue weighted by Gasteiger charge is -2.16. The molecule has 0 saturated heterocycles. The predicted molar refractivity (Wildman–Crippen MR) is 65.3 cm³/mol. The number of aromatic nitrogens is 2. The van der Waals surface area contributed by atoms with E-state index in [-0.39, 0.29) is 18.2 Å². The highest BCUT2D eigenvalue weighted by molar-refractivity contribution is 5.29. The molecule has 0 radical (unpaired) electrons. The number of hydrogen-bond donors (Lipinski definition) is 2. The molecule has 1 unspecified atom stereocenters. The molecular weight excluding hydrogens is 255 g/mol. The molecule has 102 valence electrons. The first kappa shape index (κ1) is 13.6. The van der Waals surface area contributed by atoms with Gasteiger partial charge < -0.3 is 5.32 Å². The minimum Gasteiger partial charge on any atom is -0.306 e. The number of hydrogen-bond acceptors (Lipinski definition) is 2. The fraction of sp³-hybridized carbons (Fsp3) is 0.308. The molecule has 2 aromatic rings. The SMILES string of the molecule is CC(NCc1ccccc1C(F)(F)F)c1cn[nH]c1. The van der Waals surface area contributed by atoms with Crippen molar-refractivity contribution in [2.24, 2.45) is 0 Å². The molecule has 19 heavy (non-hydrogen) atoms. The number of nitrogens with one attached hydrogen (secondary N) is 2. The standard InChI is InChI=1S/C13H14F3N3/c1-9(11-7-18-19-8-11)17-6-10-4-2-3-5-12(10)13(14,15)16/h2-5,7-9,17H,6H2,1H3,(H,18,19). The molecule has 0 spiro atoms. The summed E-state index contributed by atoms with van der Waals surface area (Å²) in [5.74, 6) is 0. The van der Waals surface area contributed by atoms with Crippen LogP contribution >= 0.6 is 0 Å². The zero-order chi connectivity index (χ0) is 13.9. The van der Waals surface area contributed by atoms with Crippen LogP contribution in [0.4, 0.5) is 13.2 Å². The highest BCUT2D eigenvalue weighted by Gasteiger charge is 2.32. The molecule has 2 N–H and O–H groups in total. The summed E-state index contributed by atoms with van der Waals surface area (Å²) in [5.41, 5.74) is 0.553. The maximum Gasteiger partial charge on any atom is 0.416 e. The number of benzene rings is 1. The third-order valence-corrected chi connectivity index (χ3v) is 2.94. The van der Waals surface area contributed by atoms with Crippen molar-refractivity contribution in [1.29, 1.82) is 0 Å². The van der Waals surface area contributed by atoms with Crippen LogP contribution in [0, 0.1) is 0 Å². The van der Waals surface area contributed by atoms with Crippen LogP contribution in [0.2, 0.25) is 0 Å². The van der Waals surface area contributed by atoms with E-state index in [0.717, 1.165) is 11.6 Å². The lowest BCUT2D eigenvalue weighted by Crippen LogP contribution is -2.20. The van der Waals surface area contributed by atoms with E-state index in [1.807, 2.05) is 6.92 Å². The van der Waals surface area contributed by atoms with E-state index in [2.05, 4.69) is 15.5 Å². The Kier molecular flexibility index (Phi) is 3.90. The summed E-state index contributed by atoms with van der Waals surface area (Å²) in [5, 5.41) is 9.54. The van der Waals surface area contributed by atoms with Gasteiger partial charge in [-0.15, -0.1) is 0 Å². The molecule has 1 aromatic carbocycles. The zero-order valence-electron chi connectivity index (χ0n) is 10.3. The van der Waals surface area contributed by atoms with Gasteiger partial charge in [0, 0.05) is 24.3 Å². The molecule has 0 aliphatic rings. The number of aromatic amines is 1. The molecule has 0 aliphatic carbocycles. The Morgan fingerprint density at radius 3 is 2.68 bits per heavy atom. The van der Waals surface area contributed by atoms with Crippen molar-refractivity contribution in [2.75, 3.05) is 0 Å². The van der Waals surface area contributed by atoms with Gasteiger partial charge in [-0.3, -0.25) is 5.10 Å². The van der Waals surface area contributed by atoms with Gasteiger partial charge in [0.25, 0.3) is 0 Å². The predicted octanol–water partition coefficient (Wildman–Crippen LogP) is 3.28. The van der Waals surface area contributed by atoms with E-state index in [0.29, 0.717) is 0 Å². The fourth-order valence-electron chi connectivity index (χ4n) is 1.83. The normalized spacial score (nSPS) is 13.5. The number of rotatable bonds is 4. The third kappa shape index (κ3) is 3.35. The molecular formula is C13H14F3N3. The summed E-state index contributed by atoms with van der Waals surface area (Å²) >= 11 is 0. The highest BCUT2D eigenvalue weighted by Crippen LogP contribution is 2.31. The van der Waals surface area contributed by atoms with E-state index >= 15 is 0 Å². The van der Waals surface area contributed by atoms with Crippen molar-refractivity contribution in [3.8, 4) is 0 Å². The van der Waals surface area contributed by atoms with Gasteiger partial charge >= 0.3 is 6.18 Å². The number of halogens is 3. The first-order valence-corrected chi connectivity index (χ1v) is 5.85. The molecule has 1 aromatic heterocycles. The second kappa shape index (κ2) is 5.44. The van der Waals surface area contributed by atoms with Crippen LogP contribution in [0.5, 0.6) is 0 Å². The minimum atomic E-state index is -4.32. The Balaban J connectivity index is 2.08. The summed E-state index contributed by atoms with van der Waals surface area (Å²) in [6, 6.07) is 5.51. The summed E-state index contributed by atoms with van der Waals surface area (Å²) in [6.07, 6.45) is -0.961. The summed E-state index contributed by atoms with van der Waals surface area (Å²) < 4.78 is 38.4. The van der Waals surface area contributed by atoms with Crippen LogP contribution in [0.1, 0.15) is 29.7 Å². The van der Waals surface area contributed by atoms with Gasteiger partial charge in [0.15, 0.2) is 0 Å². The molecule has 0 amide bonds. The molecule has 0 fully saturated rings. The summed E-state index contributed by atoms with van der Waals surface area (Å²) in [7, 11) is 0. The van der Waals surface area contributed by atoms with Crippen LogP contribution in [0.3, 0.4) is 0 Å². The highest BCUT2D eigenvalue weighted by atomic mass is 19.4. The van der Waals surface area contributed by atoms with Crippen molar-refractivity contribution < 1.29 is 13.2 Å². The Labute approximate surface area is 108 Å². The average Bonchev–Trinajstić information content (AvgIpc) is 2.89. The molecule has 1 atom stereocenters. The number of nitrogens with zero attached hydrogens (tertiary/aromatic N) is 1. The Morgan fingerprint density at radius 1 is 1.32 bits per heavy atom. The van der Waals surface area contributed by atoms with Gasteiger partial charge in [-0.05, 0) is 18.6 Å². The quantitative estimate of drug-likeness (QED) is 0.894. The van der Waals surface area contributed by atoms with Crippen LogP contribution in [-0.2, 0) is 12.7 Å². The number of alkyl halides is 3. The average molecular weight is 269 g/mol. The smallest absolute Gasteiger partial charge is 0.306 e. The lowest BCUT2D eigenvalue weighted by molar-refractivity contribution is -0.138. The second-order valence-corrected chi connectivity index (χ2v) is 4.29. The van der Waals surface area contributed by atoms with Gasteiger partial charge in [0.05, 0.1) is 11.8 Å². The first-order valence-electron chi connectivity index (χ1n) is 5.85. The van der Waals surface area contributed by atoms with Gasteiger partial charge in [0.1, 0.15) is 0 Å². The molecule has 0 saturated carbocycles. The fourth-order valence-corrected chi connectivity index (χ4v) is 1.83. The van der Waals surface area contributed by atoms with Crippen molar-refractivity contribution >= 4 is 0 Å². The Bertz CT molecular complexity index is 520. The van der Waals surface area contributed by atoms with E-state index in [1.165, 1.54) is 12.1 Å². The van der Waals surface area contributed by atoms with Crippen LogP contribution in [0.15, 0.2) is 36.7 Å². The molecule has 3 nitrogen and oxygen atoms in total. The third-order valence-electron chi connectivity index (χ3n) is 2.94. The first-order chi connectivity index (χ1) is 8.98. The Hall–Kier alpha value is -1.82. The van der Waals surface area contributed by atoms with Crippen molar-refractivity contribution in [1.82, 2.24) is 15.5 Å². The molecule has 0 bridgehead atoms. The van der Waals surface area contributed by atoms with Crippen LogP contribution in [0.25, 0.3) is 0 Å². The van der Waals surface area contributed by atoms with Gasteiger partial charge in [0.2, 0.25) is 0 Å². The van der Waals surface area contributed by atoms with Crippen molar-refractivity contribution in [3.05, 3.63) is 53.3 Å². The molecule has 2 rings (SSSR count). The van der Waals surface area contributed by atoms with E-state index in [1.54, 1.807) is 18.5 Å². The lowest BCUT2D eigenvalue weighted by atomic mass is 10.1. The molecule has 6 heteroatoms. The monoisotopic (exact) mass is 269 g/mol.